The van der Waals surface area contributed by atoms with E-state index in [9.17, 15) is 5.26 Å². The second-order valence-electron chi connectivity index (χ2n) is 14.6. The highest BCUT2D eigenvalue weighted by Crippen LogP contribution is 2.59. The molecule has 11 rings (SSSR count). The van der Waals surface area contributed by atoms with E-state index in [1.165, 1.54) is 27.8 Å². The summed E-state index contributed by atoms with van der Waals surface area (Å²) in [6, 6.07) is 69.2. The monoisotopic (exact) mass is 740 g/mol. The molecule has 5 nitrogen and oxygen atoms in total. The largest absolute Gasteiger partial charge is 0.456 e. The number of hydrogen-bond donors (Lipinski definition) is 0. The van der Waals surface area contributed by atoms with Crippen LogP contribution in [0.3, 0.4) is 0 Å². The van der Waals surface area contributed by atoms with E-state index in [4.69, 9.17) is 19.4 Å². The zero-order chi connectivity index (χ0) is 38.6. The van der Waals surface area contributed by atoms with E-state index in [1.54, 1.807) is 0 Å². The summed E-state index contributed by atoms with van der Waals surface area (Å²) in [6.07, 6.45) is 0. The van der Waals surface area contributed by atoms with E-state index in [2.05, 4.69) is 103 Å². The Labute approximate surface area is 335 Å². The number of rotatable bonds is 6. The first-order valence-corrected chi connectivity index (χ1v) is 19.3. The molecule has 1 aliphatic rings. The minimum atomic E-state index is -0.642. The van der Waals surface area contributed by atoms with Crippen LogP contribution < -0.4 is 0 Å². The standard InChI is InChI=1S/C53H32N4O/c54-33-34-23-25-35(26-24-34)41-20-12-22-45-48(41)49-46(58-45)32-31-44-47(49)42-19-10-11-21-43(42)53(44,39-17-8-3-9-18-39)40-29-27-38(28-30-40)52-56-50(36-13-4-1-5-14-36)55-51(57-52)37-15-6-2-7-16-37/h1-32H. The summed E-state index contributed by atoms with van der Waals surface area (Å²) in [5.41, 5.74) is 13.6. The molecular formula is C53H32N4O. The Morgan fingerprint density at radius 3 is 1.55 bits per heavy atom. The predicted molar refractivity (Wildman–Crippen MR) is 231 cm³/mol. The van der Waals surface area contributed by atoms with Gasteiger partial charge in [0.15, 0.2) is 17.5 Å². The molecule has 10 aromatic rings. The number of nitrogens with zero attached hydrogens (tertiary/aromatic N) is 4. The van der Waals surface area contributed by atoms with E-state index in [0.29, 0.717) is 23.0 Å². The fraction of sp³-hybridized carbons (Fsp3) is 0.0189. The van der Waals surface area contributed by atoms with Gasteiger partial charge in [-0.15, -0.1) is 0 Å². The Hall–Kier alpha value is -7.94. The summed E-state index contributed by atoms with van der Waals surface area (Å²) in [6.45, 7) is 0. The molecule has 0 aliphatic heterocycles. The zero-order valence-corrected chi connectivity index (χ0v) is 31.2. The highest BCUT2D eigenvalue weighted by atomic mass is 16.3. The lowest BCUT2D eigenvalue weighted by Crippen LogP contribution is -2.28. The maximum absolute atomic E-state index is 9.52. The summed E-state index contributed by atoms with van der Waals surface area (Å²) in [4.78, 5) is 15.0. The number of aromatic nitrogens is 3. The maximum Gasteiger partial charge on any atom is 0.164 e. The minimum absolute atomic E-state index is 0.613. The van der Waals surface area contributed by atoms with Crippen LogP contribution in [0.4, 0.5) is 0 Å². The molecule has 1 unspecified atom stereocenters. The van der Waals surface area contributed by atoms with Gasteiger partial charge in [-0.2, -0.15) is 5.26 Å². The van der Waals surface area contributed by atoms with E-state index < -0.39 is 5.41 Å². The predicted octanol–water partition coefficient (Wildman–Crippen LogP) is 12.7. The topological polar surface area (TPSA) is 75.6 Å². The molecule has 8 aromatic carbocycles. The Balaban J connectivity index is 1.14. The minimum Gasteiger partial charge on any atom is -0.456 e. The van der Waals surface area contributed by atoms with E-state index >= 15 is 0 Å². The van der Waals surface area contributed by atoms with Crippen molar-refractivity contribution in [3.8, 4) is 62.5 Å². The molecule has 0 saturated carbocycles. The van der Waals surface area contributed by atoms with E-state index in [-0.39, 0.29) is 0 Å². The van der Waals surface area contributed by atoms with Gasteiger partial charge in [0, 0.05) is 27.5 Å². The van der Waals surface area contributed by atoms with Gasteiger partial charge < -0.3 is 4.42 Å². The Morgan fingerprint density at radius 1 is 0.397 bits per heavy atom. The molecule has 0 bridgehead atoms. The molecule has 0 saturated heterocycles. The second-order valence-corrected chi connectivity index (χ2v) is 14.6. The fourth-order valence-corrected chi connectivity index (χ4v) is 8.92. The Kier molecular flexibility index (Phi) is 7.70. The van der Waals surface area contributed by atoms with Gasteiger partial charge in [0.05, 0.1) is 17.0 Å². The first-order chi connectivity index (χ1) is 28.7. The lowest BCUT2D eigenvalue weighted by Gasteiger charge is -2.34. The van der Waals surface area contributed by atoms with Crippen molar-refractivity contribution in [2.75, 3.05) is 0 Å². The fourth-order valence-electron chi connectivity index (χ4n) is 8.92. The third-order valence-corrected chi connectivity index (χ3v) is 11.5. The van der Waals surface area contributed by atoms with Crippen molar-refractivity contribution in [3.63, 3.8) is 0 Å². The molecule has 2 heterocycles. The van der Waals surface area contributed by atoms with Crippen LogP contribution in [0.15, 0.2) is 199 Å². The molecule has 5 heteroatoms. The van der Waals surface area contributed by atoms with Gasteiger partial charge >= 0.3 is 0 Å². The molecule has 1 aliphatic carbocycles. The molecule has 2 aromatic heterocycles. The average molecular weight is 741 g/mol. The van der Waals surface area contributed by atoms with Crippen LogP contribution in [0.25, 0.3) is 78.4 Å². The number of nitriles is 1. The van der Waals surface area contributed by atoms with Crippen LogP contribution >= 0.6 is 0 Å². The summed E-state index contributed by atoms with van der Waals surface area (Å²) in [7, 11) is 0. The third kappa shape index (κ3) is 5.13. The highest BCUT2D eigenvalue weighted by molar-refractivity contribution is 6.20. The second kappa shape index (κ2) is 13.4. The van der Waals surface area contributed by atoms with Gasteiger partial charge in [0.2, 0.25) is 0 Å². The van der Waals surface area contributed by atoms with Gasteiger partial charge in [0.25, 0.3) is 0 Å². The Bertz CT molecular complexity index is 3150. The van der Waals surface area contributed by atoms with Crippen LogP contribution in [0.1, 0.15) is 27.8 Å². The SMILES string of the molecule is N#Cc1ccc(-c2cccc3oc4ccc5c(c4c23)-c2ccccc2C5(c2ccccc2)c2ccc(-c3nc(-c4ccccc4)nc(-c4ccccc4)n3)cc2)cc1. The molecular weight excluding hydrogens is 709 g/mol. The van der Waals surface area contributed by atoms with Gasteiger partial charge in [-0.25, -0.2) is 15.0 Å². The van der Waals surface area contributed by atoms with Gasteiger partial charge in [-0.05, 0) is 68.8 Å². The van der Waals surface area contributed by atoms with Gasteiger partial charge in [0.1, 0.15) is 11.2 Å². The first kappa shape index (κ1) is 33.4. The van der Waals surface area contributed by atoms with Gasteiger partial charge in [-0.3, -0.25) is 0 Å². The van der Waals surface area contributed by atoms with Crippen molar-refractivity contribution in [1.82, 2.24) is 15.0 Å². The van der Waals surface area contributed by atoms with Crippen LogP contribution in [-0.4, -0.2) is 15.0 Å². The average Bonchev–Trinajstić information content (AvgIpc) is 3.84. The molecule has 0 spiro atoms. The summed E-state index contributed by atoms with van der Waals surface area (Å²) in [5, 5.41) is 11.7. The third-order valence-electron chi connectivity index (χ3n) is 11.5. The molecule has 58 heavy (non-hydrogen) atoms. The van der Waals surface area contributed by atoms with Crippen molar-refractivity contribution >= 4 is 21.9 Å². The van der Waals surface area contributed by atoms with Crippen LogP contribution in [0.2, 0.25) is 0 Å². The zero-order valence-electron chi connectivity index (χ0n) is 31.2. The summed E-state index contributed by atoms with van der Waals surface area (Å²) in [5.74, 6) is 1.87. The molecule has 0 N–H and O–H groups in total. The van der Waals surface area contributed by atoms with Crippen LogP contribution in [0.5, 0.6) is 0 Å². The van der Waals surface area contributed by atoms with E-state index in [1.807, 2.05) is 97.1 Å². The van der Waals surface area contributed by atoms with Gasteiger partial charge in [-0.1, -0.05) is 170 Å². The van der Waals surface area contributed by atoms with Crippen molar-refractivity contribution in [2.45, 2.75) is 5.41 Å². The molecule has 1 atom stereocenters. The lowest BCUT2D eigenvalue weighted by atomic mass is 9.67. The summed E-state index contributed by atoms with van der Waals surface area (Å²) < 4.78 is 6.66. The van der Waals surface area contributed by atoms with Crippen molar-refractivity contribution < 1.29 is 4.42 Å². The highest BCUT2D eigenvalue weighted by Gasteiger charge is 2.47. The van der Waals surface area contributed by atoms with Crippen LogP contribution in [-0.2, 0) is 5.41 Å². The molecule has 270 valence electrons. The lowest BCUT2D eigenvalue weighted by molar-refractivity contribution is 0.668. The number of furan rings is 1. The maximum atomic E-state index is 9.52. The number of benzene rings is 8. The Morgan fingerprint density at radius 2 is 0.914 bits per heavy atom. The van der Waals surface area contributed by atoms with Crippen LogP contribution in [0, 0.1) is 11.3 Å². The molecule has 0 amide bonds. The smallest absolute Gasteiger partial charge is 0.164 e. The summed E-state index contributed by atoms with van der Waals surface area (Å²) >= 11 is 0. The van der Waals surface area contributed by atoms with Crippen molar-refractivity contribution in [3.05, 3.63) is 222 Å². The molecule has 0 fully saturated rings. The number of hydrogen-bond acceptors (Lipinski definition) is 5. The quantitative estimate of drug-likeness (QED) is 0.170. The van der Waals surface area contributed by atoms with E-state index in [0.717, 1.165) is 55.3 Å². The normalized spacial score (nSPS) is 14.3. The van der Waals surface area contributed by atoms with Crippen molar-refractivity contribution in [1.29, 1.82) is 5.26 Å². The molecule has 0 radical (unpaired) electrons. The first-order valence-electron chi connectivity index (χ1n) is 19.3. The number of fused-ring (bicyclic) bond motifs is 7. The van der Waals surface area contributed by atoms with Crippen molar-refractivity contribution in [2.24, 2.45) is 0 Å².